The van der Waals surface area contributed by atoms with Gasteiger partial charge in [-0.3, -0.25) is 9.59 Å². The van der Waals surface area contributed by atoms with Crippen LogP contribution in [0.5, 0.6) is 0 Å². The number of hydrogen-bond acceptors (Lipinski definition) is 4. The molecule has 0 radical (unpaired) electrons. The molecular weight excluding hydrogens is 496 g/mol. The first-order valence-electron chi connectivity index (χ1n) is 14.3. The molecule has 0 spiro atoms. The Bertz CT molecular complexity index is 502. The van der Waals surface area contributed by atoms with Crippen LogP contribution in [0.15, 0.2) is 0 Å². The second-order valence-electron chi connectivity index (χ2n) is 9.71. The van der Waals surface area contributed by atoms with Gasteiger partial charge in [-0.1, -0.05) is 122 Å². The summed E-state index contributed by atoms with van der Waals surface area (Å²) in [5.41, 5.74) is 2.27. The molecule has 0 bridgehead atoms. The molecular formula is C28H53NO5Zn. The van der Waals surface area contributed by atoms with Gasteiger partial charge in [0, 0.05) is 38.7 Å². The van der Waals surface area contributed by atoms with Crippen LogP contribution in [0, 0.1) is 0 Å². The number of carboxylic acid groups (broad SMARTS) is 1. The van der Waals surface area contributed by atoms with Crippen LogP contribution in [0.25, 0.3) is 0 Å². The summed E-state index contributed by atoms with van der Waals surface area (Å²) in [5.74, 6) is -1.36. The van der Waals surface area contributed by atoms with Crippen LogP contribution in [0.4, 0.5) is 0 Å². The zero-order chi connectivity index (χ0) is 25.1. The summed E-state index contributed by atoms with van der Waals surface area (Å²) in [6.45, 7) is 2.26. The summed E-state index contributed by atoms with van der Waals surface area (Å²) in [4.78, 5) is 38.7. The summed E-state index contributed by atoms with van der Waals surface area (Å²) in [5, 5.41) is 8.57. The summed E-state index contributed by atoms with van der Waals surface area (Å²) < 4.78 is 0. The smallest absolute Gasteiger partial charge is 0.332 e. The van der Waals surface area contributed by atoms with E-state index in [0.717, 1.165) is 44.9 Å². The monoisotopic (exact) mass is 547 g/mol. The molecule has 0 unspecified atom stereocenters. The van der Waals surface area contributed by atoms with E-state index in [0.29, 0.717) is 19.3 Å². The Kier molecular flexibility index (Phi) is 30.3. The molecule has 0 heterocycles. The number of aliphatic carboxylic acids is 1. The van der Waals surface area contributed by atoms with E-state index in [1.54, 1.807) is 0 Å². The summed E-state index contributed by atoms with van der Waals surface area (Å²) in [6, 6.07) is 0. The first kappa shape index (κ1) is 36.2. The second kappa shape index (κ2) is 29.3. The number of carbonyl (C=O) groups is 3. The van der Waals surface area contributed by atoms with Crippen LogP contribution in [0.2, 0.25) is 0 Å². The molecule has 0 aromatic carbocycles. The normalized spacial score (nSPS) is 10.5. The maximum atomic E-state index is 11.8. The van der Waals surface area contributed by atoms with Gasteiger partial charge in [-0.05, 0) is 19.3 Å². The number of nitrogens with one attached hydrogen (secondary N) is 1. The molecule has 0 aliphatic carbocycles. The Morgan fingerprint density at radius 2 is 0.886 bits per heavy atom. The molecule has 2 N–H and O–H groups in total. The van der Waals surface area contributed by atoms with E-state index in [4.69, 9.17) is 9.94 Å². The molecule has 7 heteroatoms. The molecule has 202 valence electrons. The Morgan fingerprint density at radius 3 is 1.29 bits per heavy atom. The van der Waals surface area contributed by atoms with Crippen molar-refractivity contribution in [2.24, 2.45) is 0 Å². The summed E-state index contributed by atoms with van der Waals surface area (Å²) >= 11 is 0. The van der Waals surface area contributed by atoms with Crippen LogP contribution in [0.3, 0.4) is 0 Å². The zero-order valence-electron chi connectivity index (χ0n) is 22.8. The van der Waals surface area contributed by atoms with E-state index in [2.05, 4.69) is 12.4 Å². The van der Waals surface area contributed by atoms with E-state index >= 15 is 0 Å². The molecule has 0 rings (SSSR count). The number of unbranched alkanes of at least 4 members (excludes halogenated alkanes) is 19. The van der Waals surface area contributed by atoms with Gasteiger partial charge in [-0.25, -0.2) is 4.79 Å². The molecule has 1 amide bonds. The molecule has 0 aliphatic rings. The van der Waals surface area contributed by atoms with E-state index in [1.807, 2.05) is 0 Å². The Morgan fingerprint density at radius 1 is 0.543 bits per heavy atom. The predicted octanol–water partition coefficient (Wildman–Crippen LogP) is 8.03. The Labute approximate surface area is 227 Å². The van der Waals surface area contributed by atoms with Crippen molar-refractivity contribution in [3.8, 4) is 0 Å². The zero-order valence-corrected chi connectivity index (χ0v) is 25.7. The standard InChI is InChI=1S/C28H53NO5.Zn/c1-2-3-4-5-6-7-8-9-10-11-12-13-14-17-20-23-26(30)29-34-28(33)25-22-19-16-15-18-21-24-27(31)32;/h2-25H2,1H3,(H,29,30)(H,31,32);. The number of carbonyl (C=O) groups excluding carboxylic acids is 2. The van der Waals surface area contributed by atoms with E-state index < -0.39 is 11.9 Å². The third-order valence-electron chi connectivity index (χ3n) is 6.31. The van der Waals surface area contributed by atoms with Gasteiger partial charge >= 0.3 is 11.9 Å². The van der Waals surface area contributed by atoms with Crippen molar-refractivity contribution in [2.75, 3.05) is 0 Å². The fourth-order valence-electron chi connectivity index (χ4n) is 4.13. The van der Waals surface area contributed by atoms with Gasteiger partial charge < -0.3 is 9.94 Å². The van der Waals surface area contributed by atoms with Crippen LogP contribution < -0.4 is 5.48 Å². The topological polar surface area (TPSA) is 92.7 Å². The SMILES string of the molecule is CCCCCCCCCCCCCCCCCC(=O)NOC(=O)CCCCCCCCC(=O)O.[Zn]. The van der Waals surface area contributed by atoms with E-state index in [9.17, 15) is 14.4 Å². The molecule has 0 atom stereocenters. The number of amides is 1. The van der Waals surface area contributed by atoms with Crippen LogP contribution >= 0.6 is 0 Å². The van der Waals surface area contributed by atoms with Crippen molar-refractivity contribution < 1.29 is 43.8 Å². The summed E-state index contributed by atoms with van der Waals surface area (Å²) in [6.07, 6.45) is 25.5. The first-order chi connectivity index (χ1) is 16.6. The minimum absolute atomic E-state index is 0. The molecule has 6 nitrogen and oxygen atoms in total. The second-order valence-corrected chi connectivity index (χ2v) is 9.71. The van der Waals surface area contributed by atoms with Gasteiger partial charge in [0.1, 0.15) is 0 Å². The van der Waals surface area contributed by atoms with Crippen molar-refractivity contribution in [3.63, 3.8) is 0 Å². The maximum Gasteiger partial charge on any atom is 0.332 e. The fraction of sp³-hybridized carbons (Fsp3) is 0.893. The van der Waals surface area contributed by atoms with Crippen molar-refractivity contribution in [3.05, 3.63) is 0 Å². The van der Waals surface area contributed by atoms with E-state index in [-0.39, 0.29) is 31.8 Å². The van der Waals surface area contributed by atoms with Crippen molar-refractivity contribution in [1.82, 2.24) is 5.48 Å². The minimum Gasteiger partial charge on any atom is -0.481 e. The Balaban J connectivity index is 0. The molecule has 0 fully saturated rings. The molecule has 0 aromatic heterocycles. The molecule has 0 saturated carbocycles. The maximum absolute atomic E-state index is 11.8. The van der Waals surface area contributed by atoms with Gasteiger partial charge in [0.25, 0.3) is 5.91 Å². The van der Waals surface area contributed by atoms with Crippen LogP contribution in [0.1, 0.15) is 161 Å². The number of hydrogen-bond donors (Lipinski definition) is 2. The average Bonchev–Trinajstić information content (AvgIpc) is 2.81. The molecule has 0 saturated heterocycles. The predicted molar refractivity (Wildman–Crippen MR) is 138 cm³/mol. The molecule has 35 heavy (non-hydrogen) atoms. The van der Waals surface area contributed by atoms with Gasteiger partial charge in [0.05, 0.1) is 0 Å². The van der Waals surface area contributed by atoms with Crippen LogP contribution in [-0.2, 0) is 38.7 Å². The van der Waals surface area contributed by atoms with Crippen LogP contribution in [-0.4, -0.2) is 23.0 Å². The van der Waals surface area contributed by atoms with Gasteiger partial charge in [-0.15, -0.1) is 0 Å². The molecule has 0 aliphatic heterocycles. The van der Waals surface area contributed by atoms with Gasteiger partial charge in [-0.2, -0.15) is 5.48 Å². The van der Waals surface area contributed by atoms with Crippen molar-refractivity contribution in [1.29, 1.82) is 0 Å². The first-order valence-corrected chi connectivity index (χ1v) is 14.3. The largest absolute Gasteiger partial charge is 0.481 e. The van der Waals surface area contributed by atoms with Gasteiger partial charge in [0.2, 0.25) is 0 Å². The average molecular weight is 549 g/mol. The van der Waals surface area contributed by atoms with E-state index in [1.165, 1.54) is 83.5 Å². The van der Waals surface area contributed by atoms with Crippen molar-refractivity contribution in [2.45, 2.75) is 161 Å². The number of hydroxylamine groups is 1. The third kappa shape index (κ3) is 31.0. The Hall–Kier alpha value is -0.967. The molecule has 0 aromatic rings. The quantitative estimate of drug-likeness (QED) is 0.0684. The summed E-state index contributed by atoms with van der Waals surface area (Å²) in [7, 11) is 0. The van der Waals surface area contributed by atoms with Gasteiger partial charge in [0.15, 0.2) is 0 Å². The number of rotatable bonds is 25. The number of carboxylic acids is 1. The van der Waals surface area contributed by atoms with Crippen molar-refractivity contribution >= 4 is 17.8 Å². The minimum atomic E-state index is -0.746. The fourth-order valence-corrected chi connectivity index (χ4v) is 4.13. The third-order valence-corrected chi connectivity index (χ3v) is 6.31.